The number of aromatic nitrogens is 3. The van der Waals surface area contributed by atoms with Crippen LogP contribution >= 0.6 is 11.6 Å². The summed E-state index contributed by atoms with van der Waals surface area (Å²) >= 11 is 5.96. The quantitative estimate of drug-likeness (QED) is 0.818. The Morgan fingerprint density at radius 3 is 2.80 bits per heavy atom. The average Bonchev–Trinajstić information content (AvgIpc) is 2.92. The van der Waals surface area contributed by atoms with E-state index >= 15 is 0 Å². The molecule has 0 unspecified atom stereocenters. The molecule has 0 spiro atoms. The molecular weight excluding hydrogens is 306 g/mol. The summed E-state index contributed by atoms with van der Waals surface area (Å²) in [5.74, 6) is 0.670. The van der Waals surface area contributed by atoms with Gasteiger partial charge in [0.05, 0.1) is 11.6 Å². The van der Waals surface area contributed by atoms with E-state index in [-0.39, 0.29) is 22.3 Å². The van der Waals surface area contributed by atoms with Crippen LogP contribution in [0, 0.1) is 0 Å². The molecule has 0 saturated carbocycles. The van der Waals surface area contributed by atoms with Crippen LogP contribution in [0.5, 0.6) is 0 Å². The highest BCUT2D eigenvalue weighted by molar-refractivity contribution is 7.89. The Hall–Kier alpha value is -1.71. The molecule has 0 fully saturated rings. The number of anilines is 1. The van der Waals surface area contributed by atoms with Gasteiger partial charge in [-0.1, -0.05) is 16.8 Å². The maximum absolute atomic E-state index is 12.0. The molecule has 2 aromatic rings. The summed E-state index contributed by atoms with van der Waals surface area (Å²) in [4.78, 5) is 7.65. The normalized spacial score (nSPS) is 11.5. The summed E-state index contributed by atoms with van der Waals surface area (Å²) in [5, 5.41) is 6.65. The van der Waals surface area contributed by atoms with Gasteiger partial charge in [0, 0.05) is 12.7 Å². The minimum Gasteiger partial charge on any atom is -0.369 e. The first-order valence-electron chi connectivity index (χ1n) is 5.67. The minimum absolute atomic E-state index is 0.0346. The van der Waals surface area contributed by atoms with Gasteiger partial charge in [-0.3, -0.25) is 0 Å². The molecular formula is C10H12ClN5O3S. The molecule has 0 radical (unpaired) electrons. The highest BCUT2D eigenvalue weighted by atomic mass is 35.5. The molecule has 0 bridgehead atoms. The number of hydrogen-bond acceptors (Lipinski definition) is 7. The molecule has 10 heteroatoms. The summed E-state index contributed by atoms with van der Waals surface area (Å²) in [5.41, 5.74) is 0. The van der Waals surface area contributed by atoms with Crippen molar-refractivity contribution >= 4 is 27.4 Å². The van der Waals surface area contributed by atoms with Crippen LogP contribution in [0.15, 0.2) is 28.1 Å². The first-order chi connectivity index (χ1) is 9.53. The van der Waals surface area contributed by atoms with E-state index in [1.165, 1.54) is 12.3 Å². The molecule has 0 atom stereocenters. The molecule has 0 aliphatic rings. The zero-order chi connectivity index (χ0) is 14.6. The molecule has 20 heavy (non-hydrogen) atoms. The number of nitrogens with one attached hydrogen (secondary N) is 2. The van der Waals surface area contributed by atoms with Gasteiger partial charge in [0.15, 0.2) is 5.82 Å². The Kier molecular flexibility index (Phi) is 4.53. The third-order valence-electron chi connectivity index (χ3n) is 2.30. The standard InChI is InChI=1S/C10H12ClN5O3S/c1-2-12-10-8(11)3-7(4-13-10)20(17,18)15-5-9-14-6-19-16-9/h3-4,6,15H,2,5H2,1H3,(H,12,13). The van der Waals surface area contributed by atoms with Gasteiger partial charge in [-0.15, -0.1) is 0 Å². The molecule has 0 saturated heterocycles. The molecule has 108 valence electrons. The lowest BCUT2D eigenvalue weighted by atomic mass is 10.4. The van der Waals surface area contributed by atoms with Gasteiger partial charge in [-0.25, -0.2) is 18.1 Å². The van der Waals surface area contributed by atoms with Gasteiger partial charge in [-0.2, -0.15) is 4.98 Å². The maximum atomic E-state index is 12.0. The van der Waals surface area contributed by atoms with Crippen molar-refractivity contribution in [3.05, 3.63) is 29.5 Å². The molecule has 0 amide bonds. The lowest BCUT2D eigenvalue weighted by Crippen LogP contribution is -2.24. The SMILES string of the molecule is CCNc1ncc(S(=O)(=O)NCc2ncon2)cc1Cl. The maximum Gasteiger partial charge on any atom is 0.242 e. The van der Waals surface area contributed by atoms with E-state index < -0.39 is 10.0 Å². The van der Waals surface area contributed by atoms with Crippen LogP contribution in [0.1, 0.15) is 12.7 Å². The average molecular weight is 318 g/mol. The van der Waals surface area contributed by atoms with Crippen molar-refractivity contribution in [2.45, 2.75) is 18.4 Å². The Morgan fingerprint density at radius 1 is 1.40 bits per heavy atom. The van der Waals surface area contributed by atoms with Crippen LogP contribution in [0.4, 0.5) is 5.82 Å². The molecule has 0 aliphatic carbocycles. The molecule has 0 aliphatic heterocycles. The van der Waals surface area contributed by atoms with Crippen LogP contribution < -0.4 is 10.0 Å². The van der Waals surface area contributed by atoms with Crippen LogP contribution in [-0.4, -0.2) is 30.1 Å². The second-order valence-electron chi connectivity index (χ2n) is 3.70. The Morgan fingerprint density at radius 2 is 2.20 bits per heavy atom. The fourth-order valence-corrected chi connectivity index (χ4v) is 2.63. The molecule has 0 aromatic carbocycles. The third kappa shape index (κ3) is 3.44. The highest BCUT2D eigenvalue weighted by Gasteiger charge is 2.17. The molecule has 2 aromatic heterocycles. The summed E-state index contributed by atoms with van der Waals surface area (Å²) < 4.78 is 30.9. The summed E-state index contributed by atoms with van der Waals surface area (Å²) in [6, 6.07) is 1.32. The van der Waals surface area contributed by atoms with Crippen molar-refractivity contribution in [1.82, 2.24) is 19.8 Å². The van der Waals surface area contributed by atoms with Crippen molar-refractivity contribution < 1.29 is 12.9 Å². The molecule has 2 heterocycles. The predicted octanol–water partition coefficient (Wildman–Crippen LogP) is 1.03. The number of pyridine rings is 1. The van der Waals surface area contributed by atoms with E-state index in [9.17, 15) is 8.42 Å². The molecule has 8 nitrogen and oxygen atoms in total. The summed E-state index contributed by atoms with van der Waals surface area (Å²) in [7, 11) is -3.74. The van der Waals surface area contributed by atoms with Crippen molar-refractivity contribution in [2.75, 3.05) is 11.9 Å². The topological polar surface area (TPSA) is 110 Å². The van der Waals surface area contributed by atoms with E-state index in [2.05, 4.69) is 29.7 Å². The van der Waals surface area contributed by atoms with Crippen molar-refractivity contribution in [1.29, 1.82) is 0 Å². The number of sulfonamides is 1. The zero-order valence-corrected chi connectivity index (χ0v) is 12.1. The third-order valence-corrected chi connectivity index (χ3v) is 3.95. The Labute approximate surface area is 120 Å². The second kappa shape index (κ2) is 6.16. The van der Waals surface area contributed by atoms with Gasteiger partial charge < -0.3 is 9.84 Å². The molecule has 2 rings (SSSR count). The number of hydrogen-bond donors (Lipinski definition) is 2. The first-order valence-corrected chi connectivity index (χ1v) is 7.53. The largest absolute Gasteiger partial charge is 0.369 e. The first kappa shape index (κ1) is 14.7. The summed E-state index contributed by atoms with van der Waals surface area (Å²) in [6.07, 6.45) is 2.34. The fourth-order valence-electron chi connectivity index (χ4n) is 1.38. The van der Waals surface area contributed by atoms with Crippen LogP contribution in [0.3, 0.4) is 0 Å². The monoisotopic (exact) mass is 317 g/mol. The second-order valence-corrected chi connectivity index (χ2v) is 5.88. The predicted molar refractivity (Wildman–Crippen MR) is 71.7 cm³/mol. The van der Waals surface area contributed by atoms with Crippen molar-refractivity contribution in [3.63, 3.8) is 0 Å². The van der Waals surface area contributed by atoms with Crippen LogP contribution in [-0.2, 0) is 16.6 Å². The Balaban J connectivity index is 2.14. The lowest BCUT2D eigenvalue weighted by Gasteiger charge is -2.08. The van der Waals surface area contributed by atoms with E-state index in [4.69, 9.17) is 11.6 Å². The van der Waals surface area contributed by atoms with E-state index in [1.54, 1.807) is 0 Å². The fraction of sp³-hybridized carbons (Fsp3) is 0.300. The number of nitrogens with zero attached hydrogens (tertiary/aromatic N) is 3. The minimum atomic E-state index is -3.74. The van der Waals surface area contributed by atoms with Gasteiger partial charge in [0.25, 0.3) is 0 Å². The van der Waals surface area contributed by atoms with Crippen LogP contribution in [0.2, 0.25) is 5.02 Å². The number of halogens is 1. The van der Waals surface area contributed by atoms with Gasteiger partial charge >= 0.3 is 0 Å². The Bertz CT molecular complexity index is 674. The van der Waals surface area contributed by atoms with Crippen molar-refractivity contribution in [3.8, 4) is 0 Å². The smallest absolute Gasteiger partial charge is 0.242 e. The zero-order valence-electron chi connectivity index (χ0n) is 10.5. The number of rotatable bonds is 6. The molecule has 2 N–H and O–H groups in total. The lowest BCUT2D eigenvalue weighted by molar-refractivity contribution is 0.409. The van der Waals surface area contributed by atoms with E-state index in [0.717, 1.165) is 6.39 Å². The van der Waals surface area contributed by atoms with E-state index in [0.29, 0.717) is 12.4 Å². The van der Waals surface area contributed by atoms with E-state index in [1.807, 2.05) is 6.92 Å². The van der Waals surface area contributed by atoms with Gasteiger partial charge in [0.2, 0.25) is 16.4 Å². The highest BCUT2D eigenvalue weighted by Crippen LogP contribution is 2.22. The van der Waals surface area contributed by atoms with Gasteiger partial charge in [-0.05, 0) is 13.0 Å². The van der Waals surface area contributed by atoms with Crippen molar-refractivity contribution in [2.24, 2.45) is 0 Å². The van der Waals surface area contributed by atoms with Crippen LogP contribution in [0.25, 0.3) is 0 Å². The summed E-state index contributed by atoms with van der Waals surface area (Å²) in [6.45, 7) is 2.44. The van der Waals surface area contributed by atoms with Gasteiger partial charge in [0.1, 0.15) is 10.7 Å².